The van der Waals surface area contributed by atoms with Crippen LogP contribution in [0.5, 0.6) is 5.75 Å². The minimum atomic E-state index is -0.512. The van der Waals surface area contributed by atoms with E-state index in [1.807, 2.05) is 0 Å². The summed E-state index contributed by atoms with van der Waals surface area (Å²) in [7, 11) is 0. The Morgan fingerprint density at radius 1 is 1.56 bits per heavy atom. The second-order valence-electron chi connectivity index (χ2n) is 4.47. The van der Waals surface area contributed by atoms with Gasteiger partial charge in [0, 0.05) is 6.07 Å². The molecule has 0 radical (unpaired) electrons. The second-order valence-corrected chi connectivity index (χ2v) is 4.87. The summed E-state index contributed by atoms with van der Waals surface area (Å²) in [5, 5.41) is 19.8. The number of halogens is 1. The molecule has 1 aromatic rings. The second kappa shape index (κ2) is 5.69. The number of nitro groups is 1. The fourth-order valence-corrected chi connectivity index (χ4v) is 1.36. The van der Waals surface area contributed by atoms with E-state index >= 15 is 0 Å². The number of nitro benzene ring substituents is 1. The predicted octanol–water partition coefficient (Wildman–Crippen LogP) is 3.57. The zero-order valence-corrected chi connectivity index (χ0v) is 10.9. The molecular formula is C12H13ClN2O3. The highest BCUT2D eigenvalue weighted by Crippen LogP contribution is 2.29. The predicted molar refractivity (Wildman–Crippen MR) is 67.6 cm³/mol. The minimum Gasteiger partial charge on any atom is -0.492 e. The van der Waals surface area contributed by atoms with Crippen molar-refractivity contribution in [2.45, 2.75) is 20.3 Å². The van der Waals surface area contributed by atoms with Crippen molar-refractivity contribution in [2.24, 2.45) is 5.41 Å². The van der Waals surface area contributed by atoms with Gasteiger partial charge in [-0.1, -0.05) is 11.6 Å². The molecule has 0 aliphatic rings. The van der Waals surface area contributed by atoms with Crippen molar-refractivity contribution in [3.8, 4) is 11.8 Å². The Bertz CT molecular complexity index is 495. The summed E-state index contributed by atoms with van der Waals surface area (Å²) >= 11 is 5.87. The van der Waals surface area contributed by atoms with E-state index in [9.17, 15) is 10.1 Å². The molecule has 5 nitrogen and oxygen atoms in total. The molecule has 0 saturated heterocycles. The van der Waals surface area contributed by atoms with E-state index in [0.717, 1.165) is 0 Å². The maximum Gasteiger partial charge on any atom is 0.273 e. The van der Waals surface area contributed by atoms with Gasteiger partial charge in [0.1, 0.15) is 5.75 Å². The highest BCUT2D eigenvalue weighted by Gasteiger charge is 2.17. The van der Waals surface area contributed by atoms with E-state index in [2.05, 4.69) is 6.07 Å². The number of nitrogens with zero attached hydrogens (tertiary/aromatic N) is 2. The zero-order chi connectivity index (χ0) is 13.8. The first kappa shape index (κ1) is 14.3. The van der Waals surface area contributed by atoms with Gasteiger partial charge >= 0.3 is 0 Å². The molecule has 6 heteroatoms. The van der Waals surface area contributed by atoms with Gasteiger partial charge in [-0.05, 0) is 26.3 Å². The van der Waals surface area contributed by atoms with Crippen LogP contribution in [0.2, 0.25) is 5.02 Å². The molecule has 0 bridgehead atoms. The molecule has 1 rings (SSSR count). The number of hydrogen-bond donors (Lipinski definition) is 0. The van der Waals surface area contributed by atoms with Crippen LogP contribution in [0.15, 0.2) is 18.2 Å². The van der Waals surface area contributed by atoms with Crippen molar-refractivity contribution in [3.63, 3.8) is 0 Å². The highest BCUT2D eigenvalue weighted by atomic mass is 35.5. The maximum atomic E-state index is 10.6. The lowest BCUT2D eigenvalue weighted by atomic mass is 9.92. The van der Waals surface area contributed by atoms with Crippen molar-refractivity contribution in [1.82, 2.24) is 0 Å². The molecule has 0 fully saturated rings. The van der Waals surface area contributed by atoms with Gasteiger partial charge in [-0.3, -0.25) is 10.1 Å². The lowest BCUT2D eigenvalue weighted by Crippen LogP contribution is -2.13. The van der Waals surface area contributed by atoms with E-state index in [0.29, 0.717) is 11.4 Å². The Balaban J connectivity index is 2.71. The zero-order valence-electron chi connectivity index (χ0n) is 10.1. The van der Waals surface area contributed by atoms with Crippen LogP contribution in [0, 0.1) is 26.9 Å². The molecule has 96 valence electrons. The van der Waals surface area contributed by atoms with Gasteiger partial charge in [0.05, 0.1) is 34.1 Å². The van der Waals surface area contributed by atoms with Crippen LogP contribution in [-0.4, -0.2) is 11.5 Å². The lowest BCUT2D eigenvalue weighted by molar-refractivity contribution is -0.384. The van der Waals surface area contributed by atoms with Crippen molar-refractivity contribution in [2.75, 3.05) is 6.61 Å². The van der Waals surface area contributed by atoms with Crippen LogP contribution in [0.25, 0.3) is 0 Å². The molecule has 0 N–H and O–H groups in total. The first-order chi connectivity index (χ1) is 8.35. The first-order valence-corrected chi connectivity index (χ1v) is 5.71. The van der Waals surface area contributed by atoms with Crippen LogP contribution >= 0.6 is 11.6 Å². The average molecular weight is 269 g/mol. The average Bonchev–Trinajstić information content (AvgIpc) is 2.31. The van der Waals surface area contributed by atoms with E-state index in [-0.39, 0.29) is 18.0 Å². The van der Waals surface area contributed by atoms with Crippen molar-refractivity contribution < 1.29 is 9.66 Å². The molecule has 1 aromatic carbocycles. The number of rotatable bonds is 5. The topological polar surface area (TPSA) is 76.2 Å². The number of benzene rings is 1. The van der Waals surface area contributed by atoms with Gasteiger partial charge in [0.2, 0.25) is 0 Å². The number of nitriles is 1. The monoisotopic (exact) mass is 268 g/mol. The smallest absolute Gasteiger partial charge is 0.273 e. The van der Waals surface area contributed by atoms with Crippen LogP contribution in [0.1, 0.15) is 20.3 Å². The molecule has 0 unspecified atom stereocenters. The highest BCUT2D eigenvalue weighted by molar-refractivity contribution is 6.32. The van der Waals surface area contributed by atoms with Crippen molar-refractivity contribution in [1.29, 1.82) is 5.26 Å². The molecule has 0 aliphatic carbocycles. The standard InChI is InChI=1S/C12H13ClN2O3/c1-12(2,8-14)5-6-18-11-7-9(15(16)17)3-4-10(11)13/h3-4,7H,5-6H2,1-2H3. The molecule has 0 spiro atoms. The summed E-state index contributed by atoms with van der Waals surface area (Å²) in [5.41, 5.74) is -0.568. The normalized spacial score (nSPS) is 10.8. The largest absolute Gasteiger partial charge is 0.492 e. The van der Waals surface area contributed by atoms with Crippen LogP contribution < -0.4 is 4.74 Å². The summed E-state index contributed by atoms with van der Waals surface area (Å²) in [6.07, 6.45) is 0.516. The SMILES string of the molecule is CC(C)(C#N)CCOc1cc([N+](=O)[O-])ccc1Cl. The summed E-state index contributed by atoms with van der Waals surface area (Å²) in [6, 6.07) is 6.17. The van der Waals surface area contributed by atoms with Gasteiger partial charge in [-0.15, -0.1) is 0 Å². The summed E-state index contributed by atoms with van der Waals surface area (Å²) < 4.78 is 5.38. The first-order valence-electron chi connectivity index (χ1n) is 5.34. The summed E-state index contributed by atoms with van der Waals surface area (Å²) in [6.45, 7) is 3.87. The van der Waals surface area contributed by atoms with Crippen molar-refractivity contribution >= 4 is 17.3 Å². The van der Waals surface area contributed by atoms with Crippen molar-refractivity contribution in [3.05, 3.63) is 33.3 Å². The van der Waals surface area contributed by atoms with Gasteiger partial charge in [-0.2, -0.15) is 5.26 Å². The van der Waals surface area contributed by atoms with Gasteiger partial charge in [0.15, 0.2) is 0 Å². The Hall–Kier alpha value is -1.80. The molecule has 0 aliphatic heterocycles. The number of non-ortho nitro benzene ring substituents is 1. The third kappa shape index (κ3) is 3.90. The molecular weight excluding hydrogens is 256 g/mol. The Labute approximate surface area is 110 Å². The lowest BCUT2D eigenvalue weighted by Gasteiger charge is -2.15. The fourth-order valence-electron chi connectivity index (χ4n) is 1.19. The molecule has 0 aromatic heterocycles. The van der Waals surface area contributed by atoms with Gasteiger partial charge in [-0.25, -0.2) is 0 Å². The van der Waals surface area contributed by atoms with Gasteiger partial charge in [0.25, 0.3) is 5.69 Å². The molecule has 18 heavy (non-hydrogen) atoms. The third-order valence-electron chi connectivity index (χ3n) is 2.41. The Morgan fingerprint density at radius 2 is 2.22 bits per heavy atom. The fraction of sp³-hybridized carbons (Fsp3) is 0.417. The molecule has 0 atom stereocenters. The minimum absolute atomic E-state index is 0.0751. The van der Waals surface area contributed by atoms with Gasteiger partial charge < -0.3 is 4.74 Å². The Kier molecular flexibility index (Phi) is 4.51. The molecule has 0 heterocycles. The molecule has 0 amide bonds. The van der Waals surface area contributed by atoms with E-state index < -0.39 is 10.3 Å². The summed E-state index contributed by atoms with van der Waals surface area (Å²) in [5.74, 6) is 0.264. The van der Waals surface area contributed by atoms with Crippen LogP contribution in [0.4, 0.5) is 5.69 Å². The van der Waals surface area contributed by atoms with E-state index in [1.165, 1.54) is 18.2 Å². The number of ether oxygens (including phenoxy) is 1. The number of hydrogen-bond acceptors (Lipinski definition) is 4. The third-order valence-corrected chi connectivity index (χ3v) is 2.73. The van der Waals surface area contributed by atoms with Crippen LogP contribution in [0.3, 0.4) is 0 Å². The van der Waals surface area contributed by atoms with Crippen LogP contribution in [-0.2, 0) is 0 Å². The summed E-state index contributed by atoms with van der Waals surface area (Å²) in [4.78, 5) is 10.1. The Morgan fingerprint density at radius 3 is 2.78 bits per heavy atom. The van der Waals surface area contributed by atoms with E-state index in [4.69, 9.17) is 21.6 Å². The molecule has 0 saturated carbocycles. The van der Waals surface area contributed by atoms with E-state index in [1.54, 1.807) is 13.8 Å². The quantitative estimate of drug-likeness (QED) is 0.604. The maximum absolute atomic E-state index is 10.6.